The van der Waals surface area contributed by atoms with Crippen molar-refractivity contribution in [1.29, 1.82) is 0 Å². The van der Waals surface area contributed by atoms with E-state index in [9.17, 15) is 0 Å². The number of nitrogens with zero attached hydrogens (tertiary/aromatic N) is 1. The van der Waals surface area contributed by atoms with Gasteiger partial charge in [-0.1, -0.05) is 26.8 Å². The molecule has 0 spiro atoms. The molecule has 0 aliphatic rings. The van der Waals surface area contributed by atoms with E-state index in [0.717, 1.165) is 26.2 Å². The van der Waals surface area contributed by atoms with Gasteiger partial charge in [0.1, 0.15) is 0 Å². The second-order valence-corrected chi connectivity index (χ2v) is 6.19. The Morgan fingerprint density at radius 2 is 2.19 bits per heavy atom. The molecule has 1 aromatic rings. The zero-order chi connectivity index (χ0) is 12.0. The van der Waals surface area contributed by atoms with Gasteiger partial charge in [0, 0.05) is 18.0 Å². The van der Waals surface area contributed by atoms with E-state index in [4.69, 9.17) is 5.73 Å². The van der Waals surface area contributed by atoms with E-state index < -0.39 is 0 Å². The predicted octanol–water partition coefficient (Wildman–Crippen LogP) is 2.95. The molecule has 0 saturated heterocycles. The molecule has 0 aromatic carbocycles. The molecule has 2 nitrogen and oxygen atoms in total. The molecular weight excluding hydrogens is 216 g/mol. The SMILES string of the molecule is CCCN(Cc1cccs1)CC(C)(C)CN. The van der Waals surface area contributed by atoms with Crippen LogP contribution in [0.25, 0.3) is 0 Å². The van der Waals surface area contributed by atoms with Gasteiger partial charge in [0.05, 0.1) is 0 Å². The van der Waals surface area contributed by atoms with E-state index in [2.05, 4.69) is 43.2 Å². The molecule has 0 fully saturated rings. The molecule has 0 bridgehead atoms. The second-order valence-electron chi connectivity index (χ2n) is 5.16. The van der Waals surface area contributed by atoms with Gasteiger partial charge in [-0.15, -0.1) is 11.3 Å². The van der Waals surface area contributed by atoms with Crippen LogP contribution in [-0.2, 0) is 6.54 Å². The van der Waals surface area contributed by atoms with Crippen molar-refractivity contribution < 1.29 is 0 Å². The lowest BCUT2D eigenvalue weighted by molar-refractivity contribution is 0.177. The van der Waals surface area contributed by atoms with Crippen LogP contribution in [0.5, 0.6) is 0 Å². The third-order valence-electron chi connectivity index (χ3n) is 2.70. The third kappa shape index (κ3) is 4.64. The van der Waals surface area contributed by atoms with E-state index in [0.29, 0.717) is 0 Å². The summed E-state index contributed by atoms with van der Waals surface area (Å²) in [6.07, 6.45) is 1.20. The van der Waals surface area contributed by atoms with Crippen LogP contribution >= 0.6 is 11.3 Å². The van der Waals surface area contributed by atoms with Crippen molar-refractivity contribution in [1.82, 2.24) is 4.90 Å². The maximum Gasteiger partial charge on any atom is 0.0328 e. The first-order chi connectivity index (χ1) is 7.57. The zero-order valence-corrected chi connectivity index (χ0v) is 11.5. The monoisotopic (exact) mass is 240 g/mol. The molecule has 16 heavy (non-hydrogen) atoms. The van der Waals surface area contributed by atoms with Crippen molar-refractivity contribution in [2.24, 2.45) is 11.1 Å². The molecule has 0 aliphatic carbocycles. The summed E-state index contributed by atoms with van der Waals surface area (Å²) in [6.45, 7) is 10.8. The number of nitrogens with two attached hydrogens (primary N) is 1. The van der Waals surface area contributed by atoms with E-state index in [1.54, 1.807) is 0 Å². The standard InChI is InChI=1S/C13H24N2S/c1-4-7-15(11-13(2,3)10-14)9-12-6-5-8-16-12/h5-6,8H,4,7,9-11,14H2,1-3H3. The minimum Gasteiger partial charge on any atom is -0.330 e. The summed E-state index contributed by atoms with van der Waals surface area (Å²) in [7, 11) is 0. The lowest BCUT2D eigenvalue weighted by atomic mass is 9.93. The van der Waals surface area contributed by atoms with Gasteiger partial charge in [-0.2, -0.15) is 0 Å². The van der Waals surface area contributed by atoms with Crippen LogP contribution < -0.4 is 5.73 Å². The van der Waals surface area contributed by atoms with Crippen LogP contribution in [0, 0.1) is 5.41 Å². The smallest absolute Gasteiger partial charge is 0.0328 e. The Bertz CT molecular complexity index is 280. The number of hydrogen-bond acceptors (Lipinski definition) is 3. The largest absolute Gasteiger partial charge is 0.330 e. The minimum absolute atomic E-state index is 0.215. The van der Waals surface area contributed by atoms with Gasteiger partial charge in [0.15, 0.2) is 0 Å². The average molecular weight is 240 g/mol. The number of rotatable bonds is 7. The quantitative estimate of drug-likeness (QED) is 0.794. The molecule has 1 rings (SSSR count). The molecule has 3 heteroatoms. The molecule has 1 heterocycles. The van der Waals surface area contributed by atoms with Crippen LogP contribution in [0.4, 0.5) is 0 Å². The summed E-state index contributed by atoms with van der Waals surface area (Å²) in [6, 6.07) is 4.33. The van der Waals surface area contributed by atoms with Gasteiger partial charge in [-0.05, 0) is 36.4 Å². The van der Waals surface area contributed by atoms with E-state index in [1.807, 2.05) is 11.3 Å². The van der Waals surface area contributed by atoms with Gasteiger partial charge in [-0.3, -0.25) is 4.90 Å². The number of thiophene rings is 1. The molecule has 0 unspecified atom stereocenters. The van der Waals surface area contributed by atoms with Crippen LogP contribution in [-0.4, -0.2) is 24.5 Å². The average Bonchev–Trinajstić information content (AvgIpc) is 2.70. The number of hydrogen-bond donors (Lipinski definition) is 1. The normalized spacial score (nSPS) is 12.3. The van der Waals surface area contributed by atoms with Crippen molar-refractivity contribution in [3.05, 3.63) is 22.4 Å². The van der Waals surface area contributed by atoms with Gasteiger partial charge < -0.3 is 5.73 Å². The van der Waals surface area contributed by atoms with E-state index in [-0.39, 0.29) is 5.41 Å². The third-order valence-corrected chi connectivity index (χ3v) is 3.56. The maximum atomic E-state index is 5.80. The molecule has 92 valence electrons. The van der Waals surface area contributed by atoms with Crippen molar-refractivity contribution >= 4 is 11.3 Å². The molecule has 2 N–H and O–H groups in total. The topological polar surface area (TPSA) is 29.3 Å². The molecule has 0 radical (unpaired) electrons. The van der Waals surface area contributed by atoms with Crippen molar-refractivity contribution in [2.75, 3.05) is 19.6 Å². The summed E-state index contributed by atoms with van der Waals surface area (Å²) in [5.41, 5.74) is 6.01. The molecule has 0 amide bonds. The Hall–Kier alpha value is -0.380. The van der Waals surface area contributed by atoms with Crippen molar-refractivity contribution in [2.45, 2.75) is 33.7 Å². The minimum atomic E-state index is 0.215. The fraction of sp³-hybridized carbons (Fsp3) is 0.692. The highest BCUT2D eigenvalue weighted by atomic mass is 32.1. The zero-order valence-electron chi connectivity index (χ0n) is 10.7. The Morgan fingerprint density at radius 3 is 2.69 bits per heavy atom. The summed E-state index contributed by atoms with van der Waals surface area (Å²) in [5.74, 6) is 0. The summed E-state index contributed by atoms with van der Waals surface area (Å²) < 4.78 is 0. The first kappa shape index (κ1) is 13.7. The van der Waals surface area contributed by atoms with E-state index >= 15 is 0 Å². The fourth-order valence-corrected chi connectivity index (χ4v) is 2.57. The van der Waals surface area contributed by atoms with Crippen LogP contribution in [0.3, 0.4) is 0 Å². The van der Waals surface area contributed by atoms with E-state index in [1.165, 1.54) is 11.3 Å². The molecule has 0 saturated carbocycles. The molecule has 1 aromatic heterocycles. The molecule has 0 atom stereocenters. The van der Waals surface area contributed by atoms with Crippen LogP contribution in [0.1, 0.15) is 32.1 Å². The van der Waals surface area contributed by atoms with Gasteiger partial charge in [-0.25, -0.2) is 0 Å². The van der Waals surface area contributed by atoms with Gasteiger partial charge in [0.2, 0.25) is 0 Å². The summed E-state index contributed by atoms with van der Waals surface area (Å²) >= 11 is 1.84. The fourth-order valence-electron chi connectivity index (χ4n) is 1.82. The van der Waals surface area contributed by atoms with Gasteiger partial charge in [0.25, 0.3) is 0 Å². The first-order valence-electron chi connectivity index (χ1n) is 6.02. The Labute approximate surface area is 103 Å². The second kappa shape index (κ2) is 6.38. The lowest BCUT2D eigenvalue weighted by Crippen LogP contribution is -2.38. The highest BCUT2D eigenvalue weighted by molar-refractivity contribution is 7.09. The van der Waals surface area contributed by atoms with Crippen LogP contribution in [0.15, 0.2) is 17.5 Å². The summed E-state index contributed by atoms with van der Waals surface area (Å²) in [4.78, 5) is 3.96. The maximum absolute atomic E-state index is 5.80. The molecular formula is C13H24N2S. The predicted molar refractivity (Wildman–Crippen MR) is 72.7 cm³/mol. The van der Waals surface area contributed by atoms with Crippen molar-refractivity contribution in [3.63, 3.8) is 0 Å². The van der Waals surface area contributed by atoms with Crippen LogP contribution in [0.2, 0.25) is 0 Å². The Kier molecular flexibility index (Phi) is 5.46. The highest BCUT2D eigenvalue weighted by Crippen LogP contribution is 2.18. The summed E-state index contributed by atoms with van der Waals surface area (Å²) in [5, 5.41) is 2.15. The highest BCUT2D eigenvalue weighted by Gasteiger charge is 2.19. The lowest BCUT2D eigenvalue weighted by Gasteiger charge is -2.31. The Morgan fingerprint density at radius 1 is 1.44 bits per heavy atom. The first-order valence-corrected chi connectivity index (χ1v) is 6.90. The van der Waals surface area contributed by atoms with Crippen molar-refractivity contribution in [3.8, 4) is 0 Å². The van der Waals surface area contributed by atoms with Gasteiger partial charge >= 0.3 is 0 Å². The Balaban J connectivity index is 2.54. The molecule has 0 aliphatic heterocycles.